The fraction of sp³-hybridized carbons (Fsp3) is 1.00. The van der Waals surface area contributed by atoms with Gasteiger partial charge in [-0.05, 0) is 104 Å². The fourth-order valence-electron chi connectivity index (χ4n) is 10.3. The van der Waals surface area contributed by atoms with Crippen molar-refractivity contribution in [2.75, 3.05) is 6.61 Å². The van der Waals surface area contributed by atoms with Crippen molar-refractivity contribution in [3.63, 3.8) is 0 Å². The van der Waals surface area contributed by atoms with Crippen LogP contribution in [0.15, 0.2) is 0 Å². The normalized spacial score (nSPS) is 62.5. The predicted octanol–water partition coefficient (Wildman–Crippen LogP) is 5.79. The lowest BCUT2D eigenvalue weighted by atomic mass is 9.44. The van der Waals surface area contributed by atoms with Crippen LogP contribution in [0, 0.1) is 52.3 Å². The summed E-state index contributed by atoms with van der Waals surface area (Å²) >= 11 is 0. The van der Waals surface area contributed by atoms with Gasteiger partial charge in [-0.1, -0.05) is 27.7 Å². The van der Waals surface area contributed by atoms with Crippen molar-refractivity contribution >= 4 is 0 Å². The van der Waals surface area contributed by atoms with E-state index in [1.54, 1.807) is 0 Å². The average molecular weight is 417 g/mol. The molecule has 0 radical (unpaired) electrons. The maximum Gasteiger partial charge on any atom is 0.171 e. The number of hydrogen-bond donors (Lipinski definition) is 1. The molecule has 1 N–H and O–H groups in total. The Morgan fingerprint density at radius 3 is 2.40 bits per heavy atom. The summed E-state index contributed by atoms with van der Waals surface area (Å²) in [6.45, 7) is 10.9. The highest BCUT2D eigenvalue weighted by Gasteiger charge is 2.69. The molecule has 0 amide bonds. The summed E-state index contributed by atoms with van der Waals surface area (Å²) in [6.07, 6.45) is 12.9. The quantitative estimate of drug-likeness (QED) is 0.543. The largest absolute Gasteiger partial charge is 0.393 e. The van der Waals surface area contributed by atoms with Gasteiger partial charge in [-0.25, -0.2) is 0 Å². The lowest BCUT2D eigenvalue weighted by molar-refractivity contribution is -0.273. The molecule has 3 nitrogen and oxygen atoms in total. The molecule has 0 aromatic rings. The van der Waals surface area contributed by atoms with E-state index in [4.69, 9.17) is 9.47 Å². The van der Waals surface area contributed by atoms with Gasteiger partial charge in [-0.3, -0.25) is 0 Å². The molecule has 6 rings (SSSR count). The van der Waals surface area contributed by atoms with Gasteiger partial charge in [0.05, 0.1) is 18.8 Å². The molecule has 0 aromatic heterocycles. The van der Waals surface area contributed by atoms with Crippen LogP contribution in [0.1, 0.15) is 91.9 Å². The summed E-state index contributed by atoms with van der Waals surface area (Å²) in [4.78, 5) is 0. The average Bonchev–Trinajstić information content (AvgIpc) is 3.16. The lowest BCUT2D eigenvalue weighted by Gasteiger charge is -2.61. The van der Waals surface area contributed by atoms with Crippen LogP contribution in [0.3, 0.4) is 0 Å². The minimum Gasteiger partial charge on any atom is -0.393 e. The van der Waals surface area contributed by atoms with Gasteiger partial charge in [0.25, 0.3) is 0 Å². The molecule has 2 saturated heterocycles. The van der Waals surface area contributed by atoms with Crippen LogP contribution in [-0.2, 0) is 9.47 Å². The Labute approximate surface area is 183 Å². The monoisotopic (exact) mass is 416 g/mol. The summed E-state index contributed by atoms with van der Waals surface area (Å²) in [6, 6.07) is 0. The lowest BCUT2D eigenvalue weighted by Crippen LogP contribution is -2.55. The van der Waals surface area contributed by atoms with Gasteiger partial charge in [0.15, 0.2) is 5.79 Å². The zero-order valence-electron chi connectivity index (χ0n) is 19.7. The molecule has 3 heteroatoms. The second-order valence-corrected chi connectivity index (χ2v) is 13.1. The van der Waals surface area contributed by atoms with E-state index in [1.165, 1.54) is 44.9 Å². The van der Waals surface area contributed by atoms with Gasteiger partial charge in [0, 0.05) is 12.3 Å². The number of ether oxygens (including phenoxy) is 2. The molecule has 170 valence electrons. The Hall–Kier alpha value is -0.120. The maximum absolute atomic E-state index is 10.3. The molecule has 0 aromatic carbocycles. The number of rotatable bonds is 0. The van der Waals surface area contributed by atoms with Crippen LogP contribution in [0.5, 0.6) is 0 Å². The molecular formula is C27H44O3. The molecule has 6 aliphatic rings. The van der Waals surface area contributed by atoms with Crippen LogP contribution >= 0.6 is 0 Å². The highest BCUT2D eigenvalue weighted by atomic mass is 16.7. The van der Waals surface area contributed by atoms with Crippen LogP contribution in [0.25, 0.3) is 0 Å². The van der Waals surface area contributed by atoms with Crippen molar-refractivity contribution < 1.29 is 14.6 Å². The molecule has 1 spiro atoms. The Bertz CT molecular complexity index is 684. The summed E-state index contributed by atoms with van der Waals surface area (Å²) in [5.74, 6) is 4.93. The Balaban J connectivity index is 1.26. The summed E-state index contributed by atoms with van der Waals surface area (Å²) in [5, 5.41) is 10.3. The minimum absolute atomic E-state index is 0.0389. The highest BCUT2D eigenvalue weighted by molar-refractivity contribution is 5.15. The molecule has 0 bridgehead atoms. The molecule has 4 aliphatic carbocycles. The van der Waals surface area contributed by atoms with Gasteiger partial charge < -0.3 is 14.6 Å². The van der Waals surface area contributed by atoms with E-state index in [-0.39, 0.29) is 11.9 Å². The smallest absolute Gasteiger partial charge is 0.171 e. The van der Waals surface area contributed by atoms with E-state index in [9.17, 15) is 5.11 Å². The van der Waals surface area contributed by atoms with Gasteiger partial charge in [-0.2, -0.15) is 0 Å². The third-order valence-electron chi connectivity index (χ3n) is 11.9. The van der Waals surface area contributed by atoms with Gasteiger partial charge in [0.2, 0.25) is 0 Å². The van der Waals surface area contributed by atoms with Crippen molar-refractivity contribution in [2.24, 2.45) is 52.3 Å². The third-order valence-corrected chi connectivity index (χ3v) is 11.9. The number of hydrogen-bond acceptors (Lipinski definition) is 3. The van der Waals surface area contributed by atoms with E-state index < -0.39 is 0 Å². The summed E-state index contributed by atoms with van der Waals surface area (Å²) in [7, 11) is 0. The number of fused-ring (bicyclic) bond motifs is 7. The third kappa shape index (κ3) is 2.61. The van der Waals surface area contributed by atoms with Gasteiger partial charge in [-0.15, -0.1) is 0 Å². The van der Waals surface area contributed by atoms with Crippen LogP contribution in [-0.4, -0.2) is 29.7 Å². The number of aliphatic hydroxyl groups excluding tert-OH is 1. The number of aliphatic hydroxyl groups is 1. The topological polar surface area (TPSA) is 38.7 Å². The first-order chi connectivity index (χ1) is 14.3. The Kier molecular flexibility index (Phi) is 4.58. The molecular weight excluding hydrogens is 372 g/mol. The SMILES string of the molecule is CC1CC[C@]2(OC1)O[C@@H]1C[C@@H]3[C@H]4CCC5CC(O)CC[C@@]5(C)[C@@H]4CC[C@@]3(C)[C@@H]1[C@H]2C. The van der Waals surface area contributed by atoms with E-state index >= 15 is 0 Å². The maximum atomic E-state index is 10.3. The predicted molar refractivity (Wildman–Crippen MR) is 118 cm³/mol. The first kappa shape index (κ1) is 20.5. The Morgan fingerprint density at radius 1 is 0.833 bits per heavy atom. The summed E-state index contributed by atoms with van der Waals surface area (Å²) < 4.78 is 13.4. The van der Waals surface area contributed by atoms with E-state index in [1.807, 2.05) is 0 Å². The van der Waals surface area contributed by atoms with E-state index in [0.717, 1.165) is 49.5 Å². The molecule has 12 atom stereocenters. The highest BCUT2D eigenvalue weighted by Crippen LogP contribution is 2.71. The first-order valence-corrected chi connectivity index (χ1v) is 13.3. The molecule has 2 aliphatic heterocycles. The van der Waals surface area contributed by atoms with Crippen LogP contribution in [0.4, 0.5) is 0 Å². The first-order valence-electron chi connectivity index (χ1n) is 13.3. The van der Waals surface area contributed by atoms with Gasteiger partial charge in [0.1, 0.15) is 0 Å². The molecule has 2 heterocycles. The van der Waals surface area contributed by atoms with Crippen LogP contribution < -0.4 is 0 Å². The van der Waals surface area contributed by atoms with E-state index in [2.05, 4.69) is 27.7 Å². The zero-order valence-corrected chi connectivity index (χ0v) is 19.7. The van der Waals surface area contributed by atoms with Crippen molar-refractivity contribution in [1.29, 1.82) is 0 Å². The van der Waals surface area contributed by atoms with Crippen molar-refractivity contribution in [3.8, 4) is 0 Å². The van der Waals surface area contributed by atoms with Crippen molar-refractivity contribution in [3.05, 3.63) is 0 Å². The second-order valence-electron chi connectivity index (χ2n) is 13.1. The molecule has 4 saturated carbocycles. The van der Waals surface area contributed by atoms with Gasteiger partial charge >= 0.3 is 0 Å². The standard InChI is InChI=1S/C27H44O3/c1-16-7-12-27(29-15-16)17(2)24-23(30-27)14-22-20-6-5-18-13-19(28)8-10-25(18,3)21(20)9-11-26(22,24)4/h16-24,28H,5-15H2,1-4H3/t16?,17-,18?,19?,20+,21-,22-,23-,24-,25-,26-,27+/m1/s1. The van der Waals surface area contributed by atoms with E-state index in [0.29, 0.717) is 34.7 Å². The fourth-order valence-corrected chi connectivity index (χ4v) is 10.3. The summed E-state index contributed by atoms with van der Waals surface area (Å²) in [5.41, 5.74) is 0.899. The van der Waals surface area contributed by atoms with Crippen molar-refractivity contribution in [1.82, 2.24) is 0 Å². The zero-order chi connectivity index (χ0) is 20.9. The second kappa shape index (κ2) is 6.70. The molecule has 6 fully saturated rings. The Morgan fingerprint density at radius 2 is 1.63 bits per heavy atom. The van der Waals surface area contributed by atoms with Crippen molar-refractivity contribution in [2.45, 2.75) is 110 Å². The molecule has 3 unspecified atom stereocenters. The minimum atomic E-state index is -0.282. The molecule has 30 heavy (non-hydrogen) atoms. The van der Waals surface area contributed by atoms with Crippen LogP contribution in [0.2, 0.25) is 0 Å².